The fourth-order valence-corrected chi connectivity index (χ4v) is 3.99. The van der Waals surface area contributed by atoms with Crippen molar-refractivity contribution < 1.29 is 18.0 Å². The van der Waals surface area contributed by atoms with Crippen molar-refractivity contribution in [3.05, 3.63) is 59.8 Å². The first kappa shape index (κ1) is 19.8. The summed E-state index contributed by atoms with van der Waals surface area (Å²) in [5.74, 6) is -0.207. The molecule has 1 heterocycles. The van der Waals surface area contributed by atoms with Gasteiger partial charge in [0.1, 0.15) is 0 Å². The van der Waals surface area contributed by atoms with Gasteiger partial charge in [-0.1, -0.05) is 38.5 Å². The maximum Gasteiger partial charge on any atom is 0.261 e. The molecule has 1 aromatic heterocycles. The maximum absolute atomic E-state index is 12.9. The fraction of sp³-hybridized carbons (Fsp3) is 0.238. The highest BCUT2D eigenvalue weighted by atomic mass is 32.2. The topological polar surface area (TPSA) is 85.2 Å². The number of hydrogen-bond donors (Lipinski definition) is 1. The second-order valence-corrected chi connectivity index (χ2v) is 9.42. The van der Waals surface area contributed by atoms with Gasteiger partial charge in [-0.25, -0.2) is 8.42 Å². The Morgan fingerprint density at radius 1 is 1.04 bits per heavy atom. The third-order valence-electron chi connectivity index (χ3n) is 4.44. The molecule has 3 aromatic rings. The molecule has 2 aromatic carbocycles. The van der Waals surface area contributed by atoms with E-state index in [4.69, 9.17) is 0 Å². The lowest BCUT2D eigenvalue weighted by Gasteiger charge is -2.19. The van der Waals surface area contributed by atoms with E-state index in [2.05, 4.69) is 4.72 Å². The highest BCUT2D eigenvalue weighted by Crippen LogP contribution is 2.31. The standard InChI is InChI=1S/C21H22N2O4S/c1-14-5-8-16(9-6-14)28(26,27)22-18-10-7-15(13-24)17-11-12-23(19(17)18)20(25)21(2,3)4/h5-13,22H,1-4H3. The van der Waals surface area contributed by atoms with E-state index >= 15 is 0 Å². The van der Waals surface area contributed by atoms with Crippen molar-refractivity contribution in [3.63, 3.8) is 0 Å². The van der Waals surface area contributed by atoms with E-state index in [1.54, 1.807) is 45.2 Å². The van der Waals surface area contributed by atoms with E-state index in [9.17, 15) is 18.0 Å². The van der Waals surface area contributed by atoms with Crippen molar-refractivity contribution in [2.24, 2.45) is 5.41 Å². The Kier molecular flexibility index (Phi) is 4.89. The van der Waals surface area contributed by atoms with Crippen molar-refractivity contribution in [1.82, 2.24) is 4.57 Å². The Bertz CT molecular complexity index is 1170. The molecule has 0 aliphatic rings. The summed E-state index contributed by atoms with van der Waals surface area (Å²) in [6.07, 6.45) is 2.25. The number of sulfonamides is 1. The molecule has 0 saturated heterocycles. The van der Waals surface area contributed by atoms with Crippen LogP contribution in [0.25, 0.3) is 10.9 Å². The fourth-order valence-electron chi connectivity index (χ4n) is 2.92. The molecule has 0 spiro atoms. The van der Waals surface area contributed by atoms with Crippen molar-refractivity contribution in [3.8, 4) is 0 Å². The van der Waals surface area contributed by atoms with Gasteiger partial charge in [-0.05, 0) is 37.3 Å². The van der Waals surface area contributed by atoms with Gasteiger partial charge < -0.3 is 0 Å². The molecule has 7 heteroatoms. The minimum Gasteiger partial charge on any atom is -0.298 e. The zero-order valence-corrected chi connectivity index (χ0v) is 17.0. The van der Waals surface area contributed by atoms with Crippen LogP contribution in [0.4, 0.5) is 5.69 Å². The summed E-state index contributed by atoms with van der Waals surface area (Å²) in [6, 6.07) is 11.2. The van der Waals surface area contributed by atoms with Crippen LogP contribution in [0.2, 0.25) is 0 Å². The summed E-state index contributed by atoms with van der Waals surface area (Å²) in [6.45, 7) is 7.21. The molecule has 28 heavy (non-hydrogen) atoms. The minimum atomic E-state index is -3.86. The van der Waals surface area contributed by atoms with Gasteiger partial charge in [0.2, 0.25) is 5.91 Å². The number of aldehydes is 1. The lowest BCUT2D eigenvalue weighted by Crippen LogP contribution is -2.26. The van der Waals surface area contributed by atoms with Crippen molar-refractivity contribution in [2.75, 3.05) is 4.72 Å². The minimum absolute atomic E-state index is 0.117. The maximum atomic E-state index is 12.9. The summed E-state index contributed by atoms with van der Waals surface area (Å²) in [5, 5.41) is 0.511. The molecule has 0 radical (unpaired) electrons. The molecule has 6 nitrogen and oxygen atoms in total. The van der Waals surface area contributed by atoms with Crippen molar-refractivity contribution >= 4 is 38.8 Å². The van der Waals surface area contributed by atoms with Crippen LogP contribution in [-0.2, 0) is 10.0 Å². The lowest BCUT2D eigenvalue weighted by molar-refractivity contribution is 0.0772. The first-order valence-corrected chi connectivity index (χ1v) is 10.3. The number of fused-ring (bicyclic) bond motifs is 1. The molecular formula is C21H22N2O4S. The summed E-state index contributed by atoms with van der Waals surface area (Å²) in [7, 11) is -3.86. The molecule has 0 unspecified atom stereocenters. The third-order valence-corrected chi connectivity index (χ3v) is 5.83. The van der Waals surface area contributed by atoms with E-state index in [0.717, 1.165) is 5.56 Å². The van der Waals surface area contributed by atoms with Gasteiger partial charge in [0.15, 0.2) is 6.29 Å². The van der Waals surface area contributed by atoms with Crippen LogP contribution in [0, 0.1) is 12.3 Å². The van der Waals surface area contributed by atoms with E-state index < -0.39 is 15.4 Å². The lowest BCUT2D eigenvalue weighted by atomic mass is 9.95. The molecule has 1 N–H and O–H groups in total. The molecule has 0 aliphatic carbocycles. The Morgan fingerprint density at radius 3 is 2.25 bits per heavy atom. The molecule has 0 atom stereocenters. The largest absolute Gasteiger partial charge is 0.298 e. The molecule has 0 fully saturated rings. The van der Waals surface area contributed by atoms with Crippen LogP contribution in [-0.4, -0.2) is 25.2 Å². The third kappa shape index (κ3) is 3.57. The van der Waals surface area contributed by atoms with Crippen LogP contribution in [0.1, 0.15) is 41.5 Å². The summed E-state index contributed by atoms with van der Waals surface area (Å²) in [4.78, 5) is 24.4. The van der Waals surface area contributed by atoms with Crippen molar-refractivity contribution in [1.29, 1.82) is 0 Å². The van der Waals surface area contributed by atoms with Gasteiger partial charge in [-0.2, -0.15) is 0 Å². The smallest absolute Gasteiger partial charge is 0.261 e. The Labute approximate surface area is 164 Å². The van der Waals surface area contributed by atoms with Gasteiger partial charge >= 0.3 is 0 Å². The Morgan fingerprint density at radius 2 is 1.68 bits per heavy atom. The number of benzene rings is 2. The highest BCUT2D eigenvalue weighted by Gasteiger charge is 2.26. The Hall–Kier alpha value is -2.93. The number of anilines is 1. The molecule has 0 bridgehead atoms. The van der Waals surface area contributed by atoms with Crippen LogP contribution in [0.15, 0.2) is 53.6 Å². The summed E-state index contributed by atoms with van der Waals surface area (Å²) < 4.78 is 29.6. The van der Waals surface area contributed by atoms with E-state index in [1.807, 2.05) is 6.92 Å². The SMILES string of the molecule is Cc1ccc(S(=O)(=O)Nc2ccc(C=O)c3ccn(C(=O)C(C)(C)C)c23)cc1. The number of carbonyl (C=O) groups excluding carboxylic acids is 2. The average molecular weight is 398 g/mol. The van der Waals surface area contributed by atoms with Crippen LogP contribution in [0.5, 0.6) is 0 Å². The van der Waals surface area contributed by atoms with Gasteiger partial charge in [-0.3, -0.25) is 18.9 Å². The van der Waals surface area contributed by atoms with E-state index in [-0.39, 0.29) is 16.5 Å². The first-order valence-electron chi connectivity index (χ1n) is 8.78. The summed E-state index contributed by atoms with van der Waals surface area (Å²) >= 11 is 0. The number of hydrogen-bond acceptors (Lipinski definition) is 4. The van der Waals surface area contributed by atoms with Gasteiger partial charge in [-0.15, -0.1) is 0 Å². The number of nitrogens with one attached hydrogen (secondary N) is 1. The van der Waals surface area contributed by atoms with E-state index in [0.29, 0.717) is 22.8 Å². The van der Waals surface area contributed by atoms with Gasteiger partial charge in [0.05, 0.1) is 16.1 Å². The average Bonchev–Trinajstić information content (AvgIpc) is 3.06. The monoisotopic (exact) mass is 398 g/mol. The van der Waals surface area contributed by atoms with Gasteiger partial charge in [0.25, 0.3) is 10.0 Å². The predicted molar refractivity (Wildman–Crippen MR) is 109 cm³/mol. The predicted octanol–water partition coefficient (Wildman–Crippen LogP) is 4.25. The van der Waals surface area contributed by atoms with Crippen LogP contribution < -0.4 is 4.72 Å². The number of aryl methyl sites for hydroxylation is 1. The number of nitrogens with zero attached hydrogens (tertiary/aromatic N) is 1. The summed E-state index contributed by atoms with van der Waals surface area (Å²) in [5.41, 5.74) is 1.25. The quantitative estimate of drug-likeness (QED) is 0.666. The molecule has 0 amide bonds. The molecule has 3 rings (SSSR count). The highest BCUT2D eigenvalue weighted by molar-refractivity contribution is 7.92. The zero-order valence-electron chi connectivity index (χ0n) is 16.2. The zero-order chi connectivity index (χ0) is 20.7. The molecular weight excluding hydrogens is 376 g/mol. The molecule has 0 aliphatic heterocycles. The molecule has 146 valence electrons. The number of aromatic nitrogens is 1. The first-order chi connectivity index (χ1) is 13.0. The van der Waals surface area contributed by atoms with Gasteiger partial charge in [0, 0.05) is 22.6 Å². The second-order valence-electron chi connectivity index (χ2n) is 7.74. The number of carbonyl (C=O) groups is 2. The van der Waals surface area contributed by atoms with E-state index in [1.165, 1.54) is 28.8 Å². The van der Waals surface area contributed by atoms with Crippen LogP contribution in [0.3, 0.4) is 0 Å². The normalized spacial score (nSPS) is 12.1. The second kappa shape index (κ2) is 6.91. The Balaban J connectivity index is 2.18. The van der Waals surface area contributed by atoms with Crippen LogP contribution >= 0.6 is 0 Å². The number of rotatable bonds is 4. The van der Waals surface area contributed by atoms with Crippen molar-refractivity contribution in [2.45, 2.75) is 32.6 Å². The molecule has 0 saturated carbocycles.